The van der Waals surface area contributed by atoms with E-state index in [9.17, 15) is 4.79 Å². The smallest absolute Gasteiger partial charge is 0.197 e. The summed E-state index contributed by atoms with van der Waals surface area (Å²) in [6.07, 6.45) is 6.81. The monoisotopic (exact) mass is 286 g/mol. The van der Waals surface area contributed by atoms with Crippen molar-refractivity contribution < 1.29 is 4.79 Å². The molecule has 0 saturated carbocycles. The first-order chi connectivity index (χ1) is 9.38. The fraction of sp³-hybridized carbons (Fsp3) is 0.312. The summed E-state index contributed by atoms with van der Waals surface area (Å²) in [7, 11) is 0. The molecule has 104 valence electrons. The largest absolute Gasteiger partial charge is 0.288 e. The fourth-order valence-electron chi connectivity index (χ4n) is 1.67. The van der Waals surface area contributed by atoms with Crippen molar-refractivity contribution in [2.75, 3.05) is 0 Å². The normalized spacial score (nSPS) is 12.0. The molecule has 2 aromatic heterocycles. The van der Waals surface area contributed by atoms with Gasteiger partial charge in [0.2, 0.25) is 0 Å². The molecular formula is C16H18N2OS. The first kappa shape index (κ1) is 14.6. The molecule has 0 radical (unpaired) electrons. The molecule has 0 amide bonds. The Bertz CT molecular complexity index is 636. The van der Waals surface area contributed by atoms with E-state index in [1.807, 2.05) is 19.1 Å². The minimum atomic E-state index is -0.0268. The van der Waals surface area contributed by atoms with Crippen LogP contribution in [0.3, 0.4) is 0 Å². The van der Waals surface area contributed by atoms with Crippen LogP contribution < -0.4 is 0 Å². The highest BCUT2D eigenvalue weighted by Gasteiger charge is 2.22. The van der Waals surface area contributed by atoms with Crippen LogP contribution in [0.15, 0.2) is 30.6 Å². The molecule has 2 rings (SSSR count). The molecule has 0 fully saturated rings. The molecule has 2 heterocycles. The highest BCUT2D eigenvalue weighted by molar-refractivity contribution is 7.14. The lowest BCUT2D eigenvalue weighted by atomic mass is 9.98. The van der Waals surface area contributed by atoms with Crippen molar-refractivity contribution in [3.63, 3.8) is 0 Å². The maximum atomic E-state index is 12.2. The van der Waals surface area contributed by atoms with E-state index in [1.54, 1.807) is 24.5 Å². The Morgan fingerprint density at radius 2 is 2.10 bits per heavy atom. The van der Waals surface area contributed by atoms with Gasteiger partial charge in [0, 0.05) is 17.8 Å². The van der Waals surface area contributed by atoms with E-state index in [1.165, 1.54) is 11.3 Å². The highest BCUT2D eigenvalue weighted by Crippen LogP contribution is 2.29. The minimum absolute atomic E-state index is 0.000599. The third-order valence-electron chi connectivity index (χ3n) is 2.77. The van der Waals surface area contributed by atoms with Crippen LogP contribution >= 0.6 is 11.3 Å². The van der Waals surface area contributed by atoms with E-state index >= 15 is 0 Å². The summed E-state index contributed by atoms with van der Waals surface area (Å²) < 4.78 is 0. The first-order valence-electron chi connectivity index (χ1n) is 6.48. The predicted octanol–water partition coefficient (Wildman–Crippen LogP) is 4.04. The van der Waals surface area contributed by atoms with Gasteiger partial charge < -0.3 is 0 Å². The topological polar surface area (TPSA) is 42.9 Å². The number of allylic oxidation sites excluding steroid dienone is 1. The molecule has 0 aromatic carbocycles. The molecule has 0 aliphatic heterocycles. The standard InChI is InChI=1S/C16H18N2OS/c1-11-14(20-15(18-11)16(2,3)4)13(19)8-7-12-6-5-9-17-10-12/h5-10H,1-4H3. The second kappa shape index (κ2) is 5.67. The molecule has 3 nitrogen and oxygen atoms in total. The van der Waals surface area contributed by atoms with E-state index < -0.39 is 0 Å². The SMILES string of the molecule is Cc1nc(C(C)(C)C)sc1C(=O)C=Cc1cccnc1. The summed E-state index contributed by atoms with van der Waals surface area (Å²) in [6.45, 7) is 8.19. The second-order valence-corrected chi connectivity index (χ2v) is 6.67. The number of ketones is 1. The summed E-state index contributed by atoms with van der Waals surface area (Å²) in [5.41, 5.74) is 1.70. The van der Waals surface area contributed by atoms with Gasteiger partial charge in [-0.3, -0.25) is 9.78 Å². The quantitative estimate of drug-likeness (QED) is 0.631. The van der Waals surface area contributed by atoms with Crippen LogP contribution in [0, 0.1) is 6.92 Å². The lowest BCUT2D eigenvalue weighted by Gasteiger charge is -2.13. The van der Waals surface area contributed by atoms with Gasteiger partial charge in [0.1, 0.15) is 0 Å². The number of aromatic nitrogens is 2. The van der Waals surface area contributed by atoms with E-state index in [0.29, 0.717) is 0 Å². The van der Waals surface area contributed by atoms with Gasteiger partial charge >= 0.3 is 0 Å². The van der Waals surface area contributed by atoms with Crippen LogP contribution in [0.25, 0.3) is 6.08 Å². The molecule has 0 saturated heterocycles. The Balaban J connectivity index is 2.22. The van der Waals surface area contributed by atoms with Crippen molar-refractivity contribution in [2.24, 2.45) is 0 Å². The summed E-state index contributed by atoms with van der Waals surface area (Å²) >= 11 is 1.48. The zero-order valence-corrected chi connectivity index (χ0v) is 13.0. The van der Waals surface area contributed by atoms with Crippen LogP contribution in [-0.2, 0) is 5.41 Å². The average Bonchev–Trinajstić information content (AvgIpc) is 2.79. The second-order valence-electron chi connectivity index (χ2n) is 5.67. The number of aryl methyl sites for hydroxylation is 1. The maximum absolute atomic E-state index is 12.2. The van der Waals surface area contributed by atoms with Gasteiger partial charge in [0.05, 0.1) is 15.6 Å². The zero-order chi connectivity index (χ0) is 14.8. The predicted molar refractivity (Wildman–Crippen MR) is 83.2 cm³/mol. The number of rotatable bonds is 3. The number of hydrogen-bond acceptors (Lipinski definition) is 4. The number of hydrogen-bond donors (Lipinski definition) is 0. The zero-order valence-electron chi connectivity index (χ0n) is 12.2. The van der Waals surface area contributed by atoms with Crippen molar-refractivity contribution in [2.45, 2.75) is 33.1 Å². The first-order valence-corrected chi connectivity index (χ1v) is 7.30. The van der Waals surface area contributed by atoms with E-state index in [-0.39, 0.29) is 11.2 Å². The lowest BCUT2D eigenvalue weighted by molar-refractivity contribution is 0.105. The molecule has 0 bridgehead atoms. The van der Waals surface area contributed by atoms with E-state index in [4.69, 9.17) is 0 Å². The van der Waals surface area contributed by atoms with Crippen LogP contribution in [0.4, 0.5) is 0 Å². The highest BCUT2D eigenvalue weighted by atomic mass is 32.1. The van der Waals surface area contributed by atoms with E-state index in [2.05, 4.69) is 30.7 Å². The Morgan fingerprint density at radius 1 is 1.35 bits per heavy atom. The van der Waals surface area contributed by atoms with Crippen LogP contribution in [-0.4, -0.2) is 15.8 Å². The third kappa shape index (κ3) is 3.39. The van der Waals surface area contributed by atoms with Crippen molar-refractivity contribution in [3.8, 4) is 0 Å². The van der Waals surface area contributed by atoms with Crippen molar-refractivity contribution in [3.05, 3.63) is 51.7 Å². The number of carbonyl (C=O) groups excluding carboxylic acids is 1. The maximum Gasteiger partial charge on any atom is 0.197 e. The molecule has 20 heavy (non-hydrogen) atoms. The Kier molecular flexibility index (Phi) is 4.14. The Labute approximate surface area is 123 Å². The number of nitrogens with zero attached hydrogens (tertiary/aromatic N) is 2. The Morgan fingerprint density at radius 3 is 2.65 bits per heavy atom. The molecule has 2 aromatic rings. The third-order valence-corrected chi connectivity index (χ3v) is 4.37. The number of carbonyl (C=O) groups is 1. The van der Waals surface area contributed by atoms with Gasteiger partial charge in [-0.05, 0) is 30.7 Å². The van der Waals surface area contributed by atoms with Gasteiger partial charge in [-0.25, -0.2) is 4.98 Å². The number of thiazole rings is 1. The molecule has 0 spiro atoms. The van der Waals surface area contributed by atoms with E-state index in [0.717, 1.165) is 21.1 Å². The van der Waals surface area contributed by atoms with Gasteiger partial charge in [0.25, 0.3) is 0 Å². The molecular weight excluding hydrogens is 268 g/mol. The molecule has 0 atom stereocenters. The fourth-order valence-corrected chi connectivity index (χ4v) is 2.71. The van der Waals surface area contributed by atoms with Gasteiger partial charge in [-0.1, -0.05) is 26.8 Å². The van der Waals surface area contributed by atoms with Crippen LogP contribution in [0.1, 0.15) is 46.7 Å². The van der Waals surface area contributed by atoms with Crippen molar-refractivity contribution in [1.29, 1.82) is 0 Å². The van der Waals surface area contributed by atoms with Crippen LogP contribution in [0.2, 0.25) is 0 Å². The summed E-state index contributed by atoms with van der Waals surface area (Å²) in [6, 6.07) is 3.76. The van der Waals surface area contributed by atoms with Crippen molar-refractivity contribution >= 4 is 23.2 Å². The lowest BCUT2D eigenvalue weighted by Crippen LogP contribution is -2.10. The average molecular weight is 286 g/mol. The molecule has 0 N–H and O–H groups in total. The molecule has 0 aliphatic carbocycles. The summed E-state index contributed by atoms with van der Waals surface area (Å²) in [5.74, 6) is -0.000599. The van der Waals surface area contributed by atoms with Gasteiger partial charge in [-0.15, -0.1) is 11.3 Å². The Hall–Kier alpha value is -1.81. The molecule has 0 unspecified atom stereocenters. The van der Waals surface area contributed by atoms with Gasteiger partial charge in [0.15, 0.2) is 5.78 Å². The number of pyridine rings is 1. The summed E-state index contributed by atoms with van der Waals surface area (Å²) in [5, 5.41) is 0.994. The van der Waals surface area contributed by atoms with Gasteiger partial charge in [-0.2, -0.15) is 0 Å². The van der Waals surface area contributed by atoms with Crippen LogP contribution in [0.5, 0.6) is 0 Å². The molecule has 0 aliphatic rings. The molecule has 4 heteroatoms. The summed E-state index contributed by atoms with van der Waals surface area (Å²) in [4.78, 5) is 21.5. The minimum Gasteiger partial charge on any atom is -0.288 e. The van der Waals surface area contributed by atoms with Crippen molar-refractivity contribution in [1.82, 2.24) is 9.97 Å².